The predicted molar refractivity (Wildman–Crippen MR) is 65.4 cm³/mol. The molecule has 1 spiro atoms. The first-order valence-corrected chi connectivity index (χ1v) is 6.28. The summed E-state index contributed by atoms with van der Waals surface area (Å²) in [6.07, 6.45) is 2.08. The highest BCUT2D eigenvalue weighted by Gasteiger charge is 2.42. The van der Waals surface area contributed by atoms with Crippen molar-refractivity contribution >= 4 is 5.78 Å². The van der Waals surface area contributed by atoms with Crippen LogP contribution in [0, 0.1) is 5.82 Å². The van der Waals surface area contributed by atoms with Crippen LogP contribution in [-0.4, -0.2) is 36.4 Å². The molecule has 1 aromatic rings. The van der Waals surface area contributed by atoms with Gasteiger partial charge in [0.1, 0.15) is 17.2 Å². The minimum Gasteiger partial charge on any atom is -0.486 e. The SMILES string of the molecule is CN1CCC2(CC1)CC(=O)c1cc(F)ccc1O2. The molecule has 96 valence electrons. The van der Waals surface area contributed by atoms with Crippen LogP contribution in [0.2, 0.25) is 0 Å². The Bertz CT molecular complexity index is 493. The number of Topliss-reactive ketones (excluding diaryl/α,β-unsaturated/α-hetero) is 1. The number of nitrogens with zero attached hydrogens (tertiary/aromatic N) is 1. The summed E-state index contributed by atoms with van der Waals surface area (Å²) < 4.78 is 19.2. The fourth-order valence-corrected chi connectivity index (χ4v) is 2.77. The number of hydrogen-bond acceptors (Lipinski definition) is 3. The first-order valence-electron chi connectivity index (χ1n) is 6.28. The van der Waals surface area contributed by atoms with Crippen molar-refractivity contribution < 1.29 is 13.9 Å². The second kappa shape index (κ2) is 4.05. The lowest BCUT2D eigenvalue weighted by molar-refractivity contribution is -0.00377. The van der Waals surface area contributed by atoms with E-state index in [4.69, 9.17) is 4.74 Å². The van der Waals surface area contributed by atoms with Gasteiger partial charge in [-0.05, 0) is 25.2 Å². The molecule has 1 aromatic carbocycles. The Morgan fingerprint density at radius 3 is 2.78 bits per heavy atom. The molecule has 3 nitrogen and oxygen atoms in total. The number of ether oxygens (including phenoxy) is 1. The molecule has 0 aliphatic carbocycles. The molecule has 1 fully saturated rings. The van der Waals surface area contributed by atoms with E-state index in [-0.39, 0.29) is 17.2 Å². The molecule has 4 heteroatoms. The van der Waals surface area contributed by atoms with Gasteiger partial charge in [-0.2, -0.15) is 0 Å². The van der Waals surface area contributed by atoms with Crippen molar-refractivity contribution in [2.75, 3.05) is 20.1 Å². The van der Waals surface area contributed by atoms with Crippen LogP contribution in [-0.2, 0) is 0 Å². The maximum atomic E-state index is 13.1. The van der Waals surface area contributed by atoms with Crippen LogP contribution < -0.4 is 4.74 Å². The van der Waals surface area contributed by atoms with Gasteiger partial charge in [0.25, 0.3) is 0 Å². The number of carbonyl (C=O) groups excluding carboxylic acids is 1. The number of halogens is 1. The smallest absolute Gasteiger partial charge is 0.170 e. The third-order valence-electron chi connectivity index (χ3n) is 3.95. The molecule has 0 bridgehead atoms. The molecule has 18 heavy (non-hydrogen) atoms. The molecule has 0 aromatic heterocycles. The Labute approximate surface area is 106 Å². The zero-order chi connectivity index (χ0) is 12.8. The number of ketones is 1. The Kier molecular flexibility index (Phi) is 2.63. The summed E-state index contributed by atoms with van der Waals surface area (Å²) in [5.41, 5.74) is 0.0218. The lowest BCUT2D eigenvalue weighted by Crippen LogP contribution is -2.50. The largest absolute Gasteiger partial charge is 0.486 e. The highest BCUT2D eigenvalue weighted by Crippen LogP contribution is 2.39. The molecule has 0 radical (unpaired) electrons. The van der Waals surface area contributed by atoms with Crippen molar-refractivity contribution in [1.82, 2.24) is 4.90 Å². The molecular formula is C14H16FNO2. The van der Waals surface area contributed by atoms with Gasteiger partial charge in [0.15, 0.2) is 5.78 Å². The molecule has 0 saturated carbocycles. The van der Waals surface area contributed by atoms with Crippen molar-refractivity contribution in [3.63, 3.8) is 0 Å². The van der Waals surface area contributed by atoms with E-state index in [1.54, 1.807) is 6.07 Å². The van der Waals surface area contributed by atoms with Crippen molar-refractivity contribution in [2.24, 2.45) is 0 Å². The number of piperidine rings is 1. The number of likely N-dealkylation sites (tertiary alicyclic amines) is 1. The summed E-state index contributed by atoms with van der Waals surface area (Å²) in [7, 11) is 2.07. The van der Waals surface area contributed by atoms with Crippen molar-refractivity contribution in [3.8, 4) is 5.75 Å². The van der Waals surface area contributed by atoms with E-state index < -0.39 is 0 Å². The van der Waals surface area contributed by atoms with Gasteiger partial charge in [-0.1, -0.05) is 0 Å². The number of hydrogen-bond donors (Lipinski definition) is 0. The first kappa shape index (κ1) is 11.7. The van der Waals surface area contributed by atoms with E-state index in [2.05, 4.69) is 11.9 Å². The van der Waals surface area contributed by atoms with Crippen LogP contribution in [0.15, 0.2) is 18.2 Å². The van der Waals surface area contributed by atoms with Gasteiger partial charge >= 0.3 is 0 Å². The second-order valence-corrected chi connectivity index (χ2v) is 5.33. The first-order chi connectivity index (χ1) is 8.58. The zero-order valence-corrected chi connectivity index (χ0v) is 10.4. The molecule has 2 aliphatic rings. The lowest BCUT2D eigenvalue weighted by atomic mass is 9.82. The second-order valence-electron chi connectivity index (χ2n) is 5.33. The zero-order valence-electron chi connectivity index (χ0n) is 10.4. The van der Waals surface area contributed by atoms with E-state index in [9.17, 15) is 9.18 Å². The summed E-state index contributed by atoms with van der Waals surface area (Å²) in [4.78, 5) is 14.4. The summed E-state index contributed by atoms with van der Waals surface area (Å²) in [5.74, 6) is 0.155. The third-order valence-corrected chi connectivity index (χ3v) is 3.95. The monoisotopic (exact) mass is 249 g/mol. The third kappa shape index (κ3) is 1.90. The Balaban J connectivity index is 1.92. The van der Waals surface area contributed by atoms with E-state index in [0.717, 1.165) is 25.9 Å². The molecule has 2 aliphatic heterocycles. The Hall–Kier alpha value is -1.42. The van der Waals surface area contributed by atoms with Crippen molar-refractivity contribution in [2.45, 2.75) is 24.9 Å². The highest BCUT2D eigenvalue weighted by molar-refractivity contribution is 6.00. The molecule has 2 heterocycles. The summed E-state index contributed by atoms with van der Waals surface area (Å²) in [6.45, 7) is 1.87. The van der Waals surface area contributed by atoms with Gasteiger partial charge in [-0.25, -0.2) is 4.39 Å². The maximum absolute atomic E-state index is 13.1. The van der Waals surface area contributed by atoms with E-state index in [0.29, 0.717) is 17.7 Å². The summed E-state index contributed by atoms with van der Waals surface area (Å²) in [6, 6.07) is 4.20. The van der Waals surface area contributed by atoms with Gasteiger partial charge in [-0.15, -0.1) is 0 Å². The molecule has 0 atom stereocenters. The van der Waals surface area contributed by atoms with Crippen LogP contribution in [0.5, 0.6) is 5.75 Å². The quantitative estimate of drug-likeness (QED) is 0.706. The van der Waals surface area contributed by atoms with E-state index in [1.165, 1.54) is 12.1 Å². The molecule has 0 amide bonds. The molecule has 0 unspecified atom stereocenters. The van der Waals surface area contributed by atoms with Crippen LogP contribution in [0.4, 0.5) is 4.39 Å². The van der Waals surface area contributed by atoms with Gasteiger partial charge in [-0.3, -0.25) is 4.79 Å². The fourth-order valence-electron chi connectivity index (χ4n) is 2.77. The number of fused-ring (bicyclic) bond motifs is 1. The van der Waals surface area contributed by atoms with Crippen LogP contribution in [0.3, 0.4) is 0 Å². The van der Waals surface area contributed by atoms with E-state index in [1.807, 2.05) is 0 Å². The highest BCUT2D eigenvalue weighted by atomic mass is 19.1. The molecule has 3 rings (SSSR count). The van der Waals surface area contributed by atoms with Gasteiger partial charge in [0.2, 0.25) is 0 Å². The van der Waals surface area contributed by atoms with Crippen LogP contribution >= 0.6 is 0 Å². The molecule has 0 N–H and O–H groups in total. The number of benzene rings is 1. The Morgan fingerprint density at radius 2 is 2.06 bits per heavy atom. The number of carbonyl (C=O) groups is 1. The lowest BCUT2D eigenvalue weighted by Gasteiger charge is -2.43. The van der Waals surface area contributed by atoms with Gasteiger partial charge in [0.05, 0.1) is 12.0 Å². The fraction of sp³-hybridized carbons (Fsp3) is 0.500. The topological polar surface area (TPSA) is 29.5 Å². The van der Waals surface area contributed by atoms with Crippen molar-refractivity contribution in [3.05, 3.63) is 29.6 Å². The average molecular weight is 249 g/mol. The van der Waals surface area contributed by atoms with Crippen LogP contribution in [0.1, 0.15) is 29.6 Å². The molecule has 1 saturated heterocycles. The maximum Gasteiger partial charge on any atom is 0.170 e. The van der Waals surface area contributed by atoms with Crippen LogP contribution in [0.25, 0.3) is 0 Å². The molecular weight excluding hydrogens is 233 g/mol. The predicted octanol–water partition coefficient (Wildman–Crippen LogP) is 2.26. The Morgan fingerprint density at radius 1 is 1.33 bits per heavy atom. The average Bonchev–Trinajstić information content (AvgIpc) is 2.35. The number of rotatable bonds is 0. The minimum atomic E-state index is -0.384. The minimum absolute atomic E-state index is 0.000281. The van der Waals surface area contributed by atoms with Gasteiger partial charge in [0, 0.05) is 25.9 Å². The van der Waals surface area contributed by atoms with Gasteiger partial charge < -0.3 is 9.64 Å². The van der Waals surface area contributed by atoms with Crippen molar-refractivity contribution in [1.29, 1.82) is 0 Å². The normalized spacial score (nSPS) is 22.7. The summed E-state index contributed by atoms with van der Waals surface area (Å²) in [5, 5.41) is 0. The summed E-state index contributed by atoms with van der Waals surface area (Å²) >= 11 is 0. The standard InChI is InChI=1S/C14H16FNO2/c1-16-6-4-14(5-7-16)9-12(17)11-8-10(15)2-3-13(11)18-14/h2-3,8H,4-7,9H2,1H3. The van der Waals surface area contributed by atoms with E-state index >= 15 is 0 Å².